The average molecular weight is 631 g/mol. The molecule has 4 heterocycles. The van der Waals surface area contributed by atoms with Crippen LogP contribution in [0.3, 0.4) is 0 Å². The first-order valence-corrected chi connectivity index (χ1v) is 15.7. The van der Waals surface area contributed by atoms with E-state index < -0.39 is 30.6 Å². The highest BCUT2D eigenvalue weighted by molar-refractivity contribution is 5.81. The van der Waals surface area contributed by atoms with Crippen LogP contribution in [0.4, 0.5) is 0 Å². The molecule has 2 fully saturated rings. The van der Waals surface area contributed by atoms with Crippen LogP contribution in [0.15, 0.2) is 60.9 Å². The molecule has 6 rings (SSSR count). The number of benzene rings is 2. The third-order valence-electron chi connectivity index (χ3n) is 8.02. The van der Waals surface area contributed by atoms with Crippen LogP contribution < -0.4 is 10.6 Å². The topological polar surface area (TPSA) is 156 Å². The van der Waals surface area contributed by atoms with Crippen molar-refractivity contribution in [2.24, 2.45) is 11.8 Å². The van der Waals surface area contributed by atoms with E-state index >= 15 is 0 Å². The molecule has 2 aromatic carbocycles. The summed E-state index contributed by atoms with van der Waals surface area (Å²) in [5.74, 6) is 1.70. The van der Waals surface area contributed by atoms with Crippen LogP contribution in [-0.2, 0) is 23.7 Å². The van der Waals surface area contributed by atoms with Gasteiger partial charge in [-0.05, 0) is 40.6 Å². The van der Waals surface area contributed by atoms with Gasteiger partial charge in [-0.15, -0.1) is 0 Å². The molecule has 0 saturated carbocycles. The lowest BCUT2D eigenvalue weighted by Gasteiger charge is -2.22. The monoisotopic (exact) mass is 630 g/mol. The molecule has 4 aromatic rings. The summed E-state index contributed by atoms with van der Waals surface area (Å²) in [6.45, 7) is 9.62. The zero-order valence-electron chi connectivity index (χ0n) is 26.5. The van der Waals surface area contributed by atoms with Gasteiger partial charge in [0.25, 0.3) is 5.91 Å². The number of nitrogens with one attached hydrogen (secondary N) is 4. The second kappa shape index (κ2) is 14.2. The number of amides is 1. The number of hydrogen-bond acceptors (Lipinski definition) is 9. The summed E-state index contributed by atoms with van der Waals surface area (Å²) in [5, 5.41) is 16.6. The normalized spacial score (nSPS) is 22.2. The highest BCUT2D eigenvalue weighted by Gasteiger charge is 2.39. The highest BCUT2D eigenvalue weighted by atomic mass is 16.7. The lowest BCUT2D eigenvalue weighted by molar-refractivity contribution is -0.130. The molecule has 2 aromatic heterocycles. The van der Waals surface area contributed by atoms with Crippen molar-refractivity contribution < 1.29 is 28.8 Å². The Kier molecular flexibility index (Phi) is 9.92. The quantitative estimate of drug-likeness (QED) is 0.144. The summed E-state index contributed by atoms with van der Waals surface area (Å²) < 4.78 is 22.7. The molecule has 5 N–H and O–H groups in total. The number of hydrogen-bond donors (Lipinski definition) is 5. The molecule has 46 heavy (non-hydrogen) atoms. The van der Waals surface area contributed by atoms with Gasteiger partial charge in [-0.3, -0.25) is 10.1 Å². The summed E-state index contributed by atoms with van der Waals surface area (Å²) in [5.41, 5.74) is 5.75. The smallest absolute Gasteiger partial charge is 0.252 e. The minimum atomic E-state index is -0.861. The summed E-state index contributed by atoms with van der Waals surface area (Å²) in [7, 11) is 0. The number of carbonyl (C=O) groups is 1. The van der Waals surface area contributed by atoms with Gasteiger partial charge in [0.1, 0.15) is 43.7 Å². The fraction of sp³-hybridized carbons (Fsp3) is 0.441. The highest BCUT2D eigenvalue weighted by Crippen LogP contribution is 2.32. The molecule has 5 atom stereocenters. The van der Waals surface area contributed by atoms with Crippen molar-refractivity contribution >= 4 is 5.91 Å². The number of aliphatic hydroxyl groups is 1. The van der Waals surface area contributed by atoms with E-state index in [1.54, 1.807) is 12.4 Å². The van der Waals surface area contributed by atoms with Crippen LogP contribution >= 0.6 is 0 Å². The van der Waals surface area contributed by atoms with E-state index in [9.17, 15) is 9.90 Å². The number of aromatic nitrogens is 4. The van der Waals surface area contributed by atoms with E-state index in [1.165, 1.54) is 0 Å². The van der Waals surface area contributed by atoms with Crippen LogP contribution in [0.5, 0.6) is 0 Å². The number of H-pyrrole nitrogens is 2. The number of rotatable bonds is 12. The number of imidazole rings is 2. The van der Waals surface area contributed by atoms with Gasteiger partial charge in [0.05, 0.1) is 23.8 Å². The van der Waals surface area contributed by atoms with Gasteiger partial charge in [-0.2, -0.15) is 0 Å². The number of ether oxygens (including phenoxy) is 4. The van der Waals surface area contributed by atoms with E-state index in [0.29, 0.717) is 36.6 Å². The molecule has 2 aliphatic heterocycles. The lowest BCUT2D eigenvalue weighted by atomic mass is 10.0. The maximum Gasteiger partial charge on any atom is 0.252 e. The molecule has 2 aliphatic rings. The van der Waals surface area contributed by atoms with Crippen LogP contribution in [0.2, 0.25) is 0 Å². The van der Waals surface area contributed by atoms with Crippen molar-refractivity contribution in [3.05, 3.63) is 72.6 Å². The van der Waals surface area contributed by atoms with Gasteiger partial charge in [0, 0.05) is 6.54 Å². The Hall–Kier alpha value is -3.91. The molecule has 0 bridgehead atoms. The van der Waals surface area contributed by atoms with Crippen molar-refractivity contribution in [3.8, 4) is 33.6 Å². The van der Waals surface area contributed by atoms with Crippen LogP contribution in [-0.4, -0.2) is 76.1 Å². The molecule has 1 unspecified atom stereocenters. The summed E-state index contributed by atoms with van der Waals surface area (Å²) >= 11 is 0. The maximum atomic E-state index is 12.6. The molecule has 0 radical (unpaired) electrons. The number of nitrogens with zero attached hydrogens (tertiary/aromatic N) is 2. The first-order chi connectivity index (χ1) is 22.3. The Morgan fingerprint density at radius 2 is 1.26 bits per heavy atom. The largest absolute Gasteiger partial charge is 0.376 e. The van der Waals surface area contributed by atoms with Gasteiger partial charge >= 0.3 is 0 Å². The number of carbonyl (C=O) groups excluding carboxylic acids is 1. The Morgan fingerprint density at radius 1 is 0.761 bits per heavy atom. The van der Waals surface area contributed by atoms with Gasteiger partial charge in [-0.1, -0.05) is 76.2 Å². The SMILES string of the molecule is CC(C)CNC(=O)[C@@H]1OCO[C@H]1c1ncc(-c2ccc(-c3ccc(-c4cnc([C@@H]5OCO[C@H]5C(O)NCC(C)C)[nH]4)cc3)cc2)[nH]1. The van der Waals surface area contributed by atoms with E-state index in [2.05, 4.69) is 68.7 Å². The van der Waals surface area contributed by atoms with E-state index in [4.69, 9.17) is 18.9 Å². The first kappa shape index (κ1) is 32.0. The van der Waals surface area contributed by atoms with E-state index in [0.717, 1.165) is 33.6 Å². The third-order valence-corrected chi connectivity index (χ3v) is 8.02. The summed E-state index contributed by atoms with van der Waals surface area (Å²) in [6, 6.07) is 16.4. The molecule has 12 nitrogen and oxygen atoms in total. The van der Waals surface area contributed by atoms with Crippen LogP contribution in [0, 0.1) is 11.8 Å². The van der Waals surface area contributed by atoms with E-state index in [1.807, 2.05) is 38.1 Å². The molecule has 0 aliphatic carbocycles. The number of aliphatic hydroxyl groups excluding tert-OH is 1. The fourth-order valence-corrected chi connectivity index (χ4v) is 5.48. The molecule has 12 heteroatoms. The zero-order chi connectivity index (χ0) is 32.2. The van der Waals surface area contributed by atoms with Gasteiger partial charge < -0.3 is 39.3 Å². The summed E-state index contributed by atoms with van der Waals surface area (Å²) in [4.78, 5) is 28.3. The minimum absolute atomic E-state index is 0.0419. The molecule has 0 spiro atoms. The molecule has 244 valence electrons. The second-order valence-electron chi connectivity index (χ2n) is 12.5. The minimum Gasteiger partial charge on any atom is -0.376 e. The number of aromatic amines is 2. The van der Waals surface area contributed by atoms with Crippen molar-refractivity contribution in [1.82, 2.24) is 30.6 Å². The zero-order valence-corrected chi connectivity index (χ0v) is 26.5. The summed E-state index contributed by atoms with van der Waals surface area (Å²) in [6.07, 6.45) is 0.261. The maximum absolute atomic E-state index is 12.6. The first-order valence-electron chi connectivity index (χ1n) is 15.7. The third kappa shape index (κ3) is 7.22. The molecule has 1 amide bonds. The fourth-order valence-electron chi connectivity index (χ4n) is 5.48. The predicted molar refractivity (Wildman–Crippen MR) is 171 cm³/mol. The second-order valence-corrected chi connectivity index (χ2v) is 12.5. The predicted octanol–water partition coefficient (Wildman–Crippen LogP) is 4.30. The Morgan fingerprint density at radius 3 is 1.83 bits per heavy atom. The molecular formula is C34H42N6O6. The van der Waals surface area contributed by atoms with Crippen molar-refractivity contribution in [2.45, 2.75) is 58.3 Å². The van der Waals surface area contributed by atoms with Gasteiger partial charge in [0.15, 0.2) is 12.2 Å². The lowest BCUT2D eigenvalue weighted by Crippen LogP contribution is -2.43. The van der Waals surface area contributed by atoms with Crippen LogP contribution in [0.25, 0.3) is 33.6 Å². The molecular weight excluding hydrogens is 588 g/mol. The molecule has 2 saturated heterocycles. The van der Waals surface area contributed by atoms with Gasteiger partial charge in [-0.25, -0.2) is 9.97 Å². The van der Waals surface area contributed by atoms with Crippen molar-refractivity contribution in [1.29, 1.82) is 0 Å². The van der Waals surface area contributed by atoms with E-state index in [-0.39, 0.29) is 19.5 Å². The average Bonchev–Trinajstić information content (AvgIpc) is 3.89. The Labute approximate surface area is 268 Å². The Bertz CT molecular complexity index is 1580. The standard InChI is InChI=1S/C34H42N6O6/c1-19(2)13-37-33(41)29-27(43-17-45-29)31-35-15-25(39-31)23-9-5-21(6-10-23)22-7-11-24(12-8-22)26-16-36-32(40-26)28-30(46-18-44-28)34(42)38-14-20(3)4/h5-12,15-16,19-20,27-30,33,37,41H,13-14,17-18H2,1-4H3,(H,35,39)(H,36,40)(H,38,42)/t27-,28-,29-,30-,33?/m1/s1. The van der Waals surface area contributed by atoms with Crippen molar-refractivity contribution in [2.75, 3.05) is 26.7 Å². The Balaban J connectivity index is 1.09. The van der Waals surface area contributed by atoms with Crippen LogP contribution in [0.1, 0.15) is 51.6 Å². The van der Waals surface area contributed by atoms with Gasteiger partial charge in [0.2, 0.25) is 0 Å². The van der Waals surface area contributed by atoms with Crippen molar-refractivity contribution in [3.63, 3.8) is 0 Å².